The zero-order valence-electron chi connectivity index (χ0n) is 10.4. The highest BCUT2D eigenvalue weighted by Gasteiger charge is 2.09. The Morgan fingerprint density at radius 3 is 2.79 bits per heavy atom. The van der Waals surface area contributed by atoms with Gasteiger partial charge in [-0.15, -0.1) is 11.3 Å². The minimum atomic E-state index is -2.80. The molecular formula is C13H14F2N2OS. The van der Waals surface area contributed by atoms with Crippen molar-refractivity contribution in [1.82, 2.24) is 10.3 Å². The number of nitrogens with one attached hydrogen (secondary N) is 1. The smallest absolute Gasteiger partial charge is 0.387 e. The molecule has 1 heterocycles. The van der Waals surface area contributed by atoms with Gasteiger partial charge in [-0.2, -0.15) is 8.78 Å². The van der Waals surface area contributed by atoms with E-state index in [-0.39, 0.29) is 5.75 Å². The molecule has 1 aromatic heterocycles. The van der Waals surface area contributed by atoms with Crippen LogP contribution in [-0.4, -0.2) is 11.6 Å². The van der Waals surface area contributed by atoms with Crippen LogP contribution in [0.4, 0.5) is 8.78 Å². The first kappa shape index (κ1) is 13.9. The predicted molar refractivity (Wildman–Crippen MR) is 70.5 cm³/mol. The van der Waals surface area contributed by atoms with E-state index in [0.29, 0.717) is 18.7 Å². The van der Waals surface area contributed by atoms with E-state index in [0.717, 1.165) is 10.6 Å². The van der Waals surface area contributed by atoms with E-state index in [4.69, 9.17) is 0 Å². The van der Waals surface area contributed by atoms with Crippen molar-refractivity contribution in [2.75, 3.05) is 0 Å². The first-order chi connectivity index (χ1) is 9.16. The summed E-state index contributed by atoms with van der Waals surface area (Å²) in [5.74, 6) is 0.214. The number of aryl methyl sites for hydroxylation is 1. The van der Waals surface area contributed by atoms with Gasteiger partial charge in [0.1, 0.15) is 5.75 Å². The molecule has 1 N–H and O–H groups in total. The lowest BCUT2D eigenvalue weighted by Gasteiger charge is -2.11. The molecule has 0 aliphatic carbocycles. The zero-order chi connectivity index (χ0) is 13.7. The summed E-state index contributed by atoms with van der Waals surface area (Å²) < 4.78 is 29.0. The second-order valence-electron chi connectivity index (χ2n) is 3.95. The minimum Gasteiger partial charge on any atom is -0.434 e. The molecule has 0 atom stereocenters. The van der Waals surface area contributed by atoms with Gasteiger partial charge in [-0.3, -0.25) is 0 Å². The molecule has 19 heavy (non-hydrogen) atoms. The van der Waals surface area contributed by atoms with Crippen molar-refractivity contribution < 1.29 is 13.5 Å². The van der Waals surface area contributed by atoms with Gasteiger partial charge in [0, 0.05) is 23.5 Å². The Kier molecular flexibility index (Phi) is 4.81. The second-order valence-corrected chi connectivity index (χ2v) is 4.89. The standard InChI is InChI=1S/C13H14F2N2OS/c1-9-12(19-8-17-9)7-16-6-10-4-2-3-5-11(10)18-13(14)15/h2-5,8,13,16H,6-7H2,1H3. The summed E-state index contributed by atoms with van der Waals surface area (Å²) in [7, 11) is 0. The molecule has 2 rings (SSSR count). The molecule has 2 aromatic rings. The lowest BCUT2D eigenvalue weighted by atomic mass is 10.2. The topological polar surface area (TPSA) is 34.2 Å². The molecule has 0 saturated heterocycles. The van der Waals surface area contributed by atoms with Crippen molar-refractivity contribution in [3.05, 3.63) is 45.9 Å². The maximum atomic E-state index is 12.2. The molecule has 1 aromatic carbocycles. The molecule has 0 fully saturated rings. The first-order valence-electron chi connectivity index (χ1n) is 5.79. The molecule has 0 amide bonds. The molecule has 0 radical (unpaired) electrons. The van der Waals surface area contributed by atoms with E-state index >= 15 is 0 Å². The van der Waals surface area contributed by atoms with Gasteiger partial charge < -0.3 is 10.1 Å². The van der Waals surface area contributed by atoms with Gasteiger partial charge in [0.25, 0.3) is 0 Å². The summed E-state index contributed by atoms with van der Waals surface area (Å²) >= 11 is 1.57. The fourth-order valence-electron chi connectivity index (χ4n) is 1.67. The van der Waals surface area contributed by atoms with Crippen LogP contribution in [0.3, 0.4) is 0 Å². The molecule has 0 spiro atoms. The number of thiazole rings is 1. The molecular weight excluding hydrogens is 270 g/mol. The van der Waals surface area contributed by atoms with Gasteiger partial charge in [0.15, 0.2) is 0 Å². The molecule has 0 bridgehead atoms. The van der Waals surface area contributed by atoms with Crippen LogP contribution in [0.2, 0.25) is 0 Å². The Balaban J connectivity index is 1.94. The van der Waals surface area contributed by atoms with Crippen LogP contribution in [-0.2, 0) is 13.1 Å². The summed E-state index contributed by atoms with van der Waals surface area (Å²) in [6.45, 7) is 0.283. The third kappa shape index (κ3) is 3.97. The Labute approximate surface area is 114 Å². The summed E-state index contributed by atoms with van der Waals surface area (Å²) in [6.07, 6.45) is 0. The van der Waals surface area contributed by atoms with E-state index in [9.17, 15) is 8.78 Å². The van der Waals surface area contributed by atoms with Crippen LogP contribution in [0, 0.1) is 6.92 Å². The summed E-state index contributed by atoms with van der Waals surface area (Å²) in [5, 5.41) is 3.20. The quantitative estimate of drug-likeness (QED) is 0.883. The van der Waals surface area contributed by atoms with Gasteiger partial charge in [-0.25, -0.2) is 4.98 Å². The number of rotatable bonds is 6. The largest absolute Gasteiger partial charge is 0.434 e. The Bertz CT molecular complexity index is 531. The van der Waals surface area contributed by atoms with Crippen LogP contribution in [0.25, 0.3) is 0 Å². The number of ether oxygens (including phenoxy) is 1. The highest BCUT2D eigenvalue weighted by molar-refractivity contribution is 7.09. The van der Waals surface area contributed by atoms with Crippen LogP contribution < -0.4 is 10.1 Å². The average Bonchev–Trinajstić information content (AvgIpc) is 2.77. The Hall–Kier alpha value is -1.53. The lowest BCUT2D eigenvalue weighted by Crippen LogP contribution is -2.14. The SMILES string of the molecule is Cc1ncsc1CNCc1ccccc1OC(F)F. The number of hydrogen-bond donors (Lipinski definition) is 1. The molecule has 3 nitrogen and oxygen atoms in total. The number of halogens is 2. The van der Waals surface area contributed by atoms with Crippen LogP contribution >= 0.6 is 11.3 Å². The first-order valence-corrected chi connectivity index (χ1v) is 6.67. The normalized spacial score (nSPS) is 10.9. The van der Waals surface area contributed by atoms with Crippen molar-refractivity contribution in [2.24, 2.45) is 0 Å². The summed E-state index contributed by atoms with van der Waals surface area (Å²) in [4.78, 5) is 5.30. The number of aromatic nitrogens is 1. The van der Waals surface area contributed by atoms with Gasteiger partial charge in [0.05, 0.1) is 11.2 Å². The molecule has 0 aliphatic rings. The summed E-state index contributed by atoms with van der Waals surface area (Å²) in [6, 6.07) is 6.78. The maximum absolute atomic E-state index is 12.2. The minimum absolute atomic E-state index is 0.214. The van der Waals surface area contributed by atoms with E-state index in [2.05, 4.69) is 15.0 Å². The van der Waals surface area contributed by atoms with Crippen molar-refractivity contribution in [1.29, 1.82) is 0 Å². The van der Waals surface area contributed by atoms with E-state index in [1.807, 2.05) is 6.92 Å². The van der Waals surface area contributed by atoms with E-state index < -0.39 is 6.61 Å². The van der Waals surface area contributed by atoms with Crippen molar-refractivity contribution in [2.45, 2.75) is 26.6 Å². The third-order valence-electron chi connectivity index (χ3n) is 2.63. The number of hydrogen-bond acceptors (Lipinski definition) is 4. The average molecular weight is 284 g/mol. The van der Waals surface area contributed by atoms with Gasteiger partial charge in [-0.1, -0.05) is 18.2 Å². The van der Waals surface area contributed by atoms with Crippen molar-refractivity contribution >= 4 is 11.3 Å². The Morgan fingerprint density at radius 1 is 1.32 bits per heavy atom. The van der Waals surface area contributed by atoms with Gasteiger partial charge in [0.2, 0.25) is 0 Å². The van der Waals surface area contributed by atoms with Gasteiger partial charge >= 0.3 is 6.61 Å². The molecule has 0 unspecified atom stereocenters. The van der Waals surface area contributed by atoms with Crippen molar-refractivity contribution in [3.63, 3.8) is 0 Å². The van der Waals surface area contributed by atoms with Crippen LogP contribution in [0.1, 0.15) is 16.1 Å². The number of benzene rings is 1. The lowest BCUT2D eigenvalue weighted by molar-refractivity contribution is -0.0505. The third-order valence-corrected chi connectivity index (χ3v) is 3.57. The monoisotopic (exact) mass is 284 g/mol. The summed E-state index contributed by atoms with van der Waals surface area (Å²) in [5.41, 5.74) is 3.50. The maximum Gasteiger partial charge on any atom is 0.387 e. The molecule has 0 aliphatic heterocycles. The number of para-hydroxylation sites is 1. The van der Waals surface area contributed by atoms with Crippen LogP contribution in [0.5, 0.6) is 5.75 Å². The fraction of sp³-hybridized carbons (Fsp3) is 0.308. The molecule has 0 saturated carbocycles. The highest BCUT2D eigenvalue weighted by Crippen LogP contribution is 2.20. The van der Waals surface area contributed by atoms with Crippen LogP contribution in [0.15, 0.2) is 29.8 Å². The predicted octanol–water partition coefficient (Wildman–Crippen LogP) is 3.34. The number of alkyl halides is 2. The number of nitrogens with zero attached hydrogens (tertiary/aromatic N) is 1. The zero-order valence-corrected chi connectivity index (χ0v) is 11.2. The van der Waals surface area contributed by atoms with E-state index in [1.165, 1.54) is 0 Å². The molecule has 102 valence electrons. The fourth-order valence-corrected chi connectivity index (χ4v) is 2.41. The Morgan fingerprint density at radius 2 is 2.11 bits per heavy atom. The highest BCUT2D eigenvalue weighted by atomic mass is 32.1. The molecule has 6 heteroatoms. The van der Waals surface area contributed by atoms with Crippen molar-refractivity contribution in [3.8, 4) is 5.75 Å². The van der Waals surface area contributed by atoms with E-state index in [1.54, 1.807) is 41.1 Å². The van der Waals surface area contributed by atoms with Gasteiger partial charge in [-0.05, 0) is 13.0 Å². The second kappa shape index (κ2) is 6.58.